The lowest BCUT2D eigenvalue weighted by Gasteiger charge is -2.26. The SMILES string of the molecule is COc1ccc2cc1OCCN(C(=O)c1c(C)ncnc1C)CC(=O)N[C@H](C(C)C)C(=O)NCCn1ccnc1-2. The second kappa shape index (κ2) is 12.6. The average Bonchev–Trinajstić information content (AvgIpc) is 3.38. The molecular formula is C28H35N7O5. The van der Waals surface area contributed by atoms with Crippen LogP contribution >= 0.6 is 0 Å². The highest BCUT2D eigenvalue weighted by Gasteiger charge is 2.28. The van der Waals surface area contributed by atoms with Crippen LogP contribution in [0.1, 0.15) is 35.6 Å². The van der Waals surface area contributed by atoms with Gasteiger partial charge < -0.3 is 29.6 Å². The summed E-state index contributed by atoms with van der Waals surface area (Å²) < 4.78 is 13.5. The summed E-state index contributed by atoms with van der Waals surface area (Å²) in [5.41, 5.74) is 2.14. The highest BCUT2D eigenvalue weighted by atomic mass is 16.5. The molecule has 12 heteroatoms. The van der Waals surface area contributed by atoms with Crippen LogP contribution in [-0.4, -0.2) is 81.5 Å². The van der Waals surface area contributed by atoms with Gasteiger partial charge >= 0.3 is 0 Å². The molecule has 1 aromatic carbocycles. The second-order valence-electron chi connectivity index (χ2n) is 9.88. The van der Waals surface area contributed by atoms with Crippen molar-refractivity contribution in [1.82, 2.24) is 35.1 Å². The van der Waals surface area contributed by atoms with E-state index in [2.05, 4.69) is 25.6 Å². The lowest BCUT2D eigenvalue weighted by Crippen LogP contribution is -2.53. The molecule has 3 aromatic rings. The molecule has 4 rings (SSSR count). The van der Waals surface area contributed by atoms with Crippen LogP contribution in [0.5, 0.6) is 11.5 Å². The molecule has 2 N–H and O–H groups in total. The van der Waals surface area contributed by atoms with Gasteiger partial charge in [-0.1, -0.05) is 13.8 Å². The molecule has 212 valence electrons. The zero-order chi connectivity index (χ0) is 28.8. The Bertz CT molecular complexity index is 1370. The number of nitrogens with one attached hydrogen (secondary N) is 2. The molecule has 0 unspecified atom stereocenters. The van der Waals surface area contributed by atoms with Crippen molar-refractivity contribution in [2.45, 2.75) is 40.3 Å². The molecule has 3 amide bonds. The van der Waals surface area contributed by atoms with E-state index in [4.69, 9.17) is 9.47 Å². The predicted octanol–water partition coefficient (Wildman–Crippen LogP) is 1.76. The van der Waals surface area contributed by atoms with E-state index in [0.29, 0.717) is 47.4 Å². The number of carbonyl (C=O) groups is 3. The quantitative estimate of drug-likeness (QED) is 0.504. The summed E-state index contributed by atoms with van der Waals surface area (Å²) in [6, 6.07) is 4.71. The minimum absolute atomic E-state index is 0.0765. The lowest BCUT2D eigenvalue weighted by molar-refractivity contribution is -0.130. The number of nitrogens with zero attached hydrogens (tertiary/aromatic N) is 5. The van der Waals surface area contributed by atoms with Crippen LogP contribution in [-0.2, 0) is 16.1 Å². The average molecular weight is 550 g/mol. The van der Waals surface area contributed by atoms with Crippen LogP contribution in [0, 0.1) is 19.8 Å². The summed E-state index contributed by atoms with van der Waals surface area (Å²) in [7, 11) is 1.55. The van der Waals surface area contributed by atoms with E-state index >= 15 is 0 Å². The van der Waals surface area contributed by atoms with E-state index < -0.39 is 17.9 Å². The Balaban J connectivity index is 1.69. The Hall–Kier alpha value is -4.48. The van der Waals surface area contributed by atoms with Crippen LogP contribution in [0.15, 0.2) is 36.9 Å². The number of hydrogen-bond donors (Lipinski definition) is 2. The lowest BCUT2D eigenvalue weighted by atomic mass is 10.0. The van der Waals surface area contributed by atoms with Crippen molar-refractivity contribution in [2.24, 2.45) is 5.92 Å². The fraction of sp³-hybridized carbons (Fsp3) is 0.429. The van der Waals surface area contributed by atoms with Gasteiger partial charge in [-0.15, -0.1) is 0 Å². The van der Waals surface area contributed by atoms with Crippen molar-refractivity contribution in [1.29, 1.82) is 0 Å². The van der Waals surface area contributed by atoms with Gasteiger partial charge in [0.2, 0.25) is 11.8 Å². The Morgan fingerprint density at radius 1 is 1.12 bits per heavy atom. The topological polar surface area (TPSA) is 141 Å². The molecule has 40 heavy (non-hydrogen) atoms. The number of fused-ring (bicyclic) bond motifs is 4. The number of hydrogen-bond acceptors (Lipinski definition) is 8. The van der Waals surface area contributed by atoms with Gasteiger partial charge in [0.15, 0.2) is 11.5 Å². The van der Waals surface area contributed by atoms with Crippen molar-refractivity contribution in [2.75, 3.05) is 33.4 Å². The molecule has 0 saturated heterocycles. The first-order chi connectivity index (χ1) is 19.2. The number of aromatic nitrogens is 4. The number of carbonyl (C=O) groups excluding carboxylic acids is 3. The van der Waals surface area contributed by atoms with Gasteiger partial charge in [0, 0.05) is 31.0 Å². The Morgan fingerprint density at radius 3 is 2.58 bits per heavy atom. The predicted molar refractivity (Wildman–Crippen MR) is 147 cm³/mol. The van der Waals surface area contributed by atoms with Gasteiger partial charge in [0.25, 0.3) is 5.91 Å². The first-order valence-corrected chi connectivity index (χ1v) is 13.2. The summed E-state index contributed by atoms with van der Waals surface area (Å²) in [6.07, 6.45) is 4.92. The number of methoxy groups -OCH3 is 1. The van der Waals surface area contributed by atoms with E-state index in [1.165, 1.54) is 11.2 Å². The first-order valence-electron chi connectivity index (χ1n) is 13.2. The van der Waals surface area contributed by atoms with Crippen LogP contribution < -0.4 is 20.1 Å². The molecule has 2 aromatic heterocycles. The van der Waals surface area contributed by atoms with Crippen LogP contribution in [0.3, 0.4) is 0 Å². The van der Waals surface area contributed by atoms with E-state index in [1.807, 2.05) is 36.7 Å². The Kier molecular flexibility index (Phi) is 8.97. The summed E-state index contributed by atoms with van der Waals surface area (Å²) >= 11 is 0. The molecule has 0 saturated carbocycles. The van der Waals surface area contributed by atoms with Crippen molar-refractivity contribution in [3.8, 4) is 22.9 Å². The third-order valence-corrected chi connectivity index (χ3v) is 6.74. The highest BCUT2D eigenvalue weighted by Crippen LogP contribution is 2.32. The molecule has 0 aliphatic carbocycles. The van der Waals surface area contributed by atoms with E-state index in [-0.39, 0.29) is 31.5 Å². The number of rotatable bonds is 3. The fourth-order valence-electron chi connectivity index (χ4n) is 4.59. The number of aryl methyl sites for hydroxylation is 2. The van der Waals surface area contributed by atoms with Gasteiger partial charge in [-0.25, -0.2) is 15.0 Å². The zero-order valence-corrected chi connectivity index (χ0v) is 23.4. The van der Waals surface area contributed by atoms with E-state index in [0.717, 1.165) is 5.56 Å². The van der Waals surface area contributed by atoms with Gasteiger partial charge in [0.1, 0.15) is 24.8 Å². The summed E-state index contributed by atoms with van der Waals surface area (Å²) in [5, 5.41) is 5.72. The van der Waals surface area contributed by atoms with Crippen LogP contribution in [0.4, 0.5) is 0 Å². The van der Waals surface area contributed by atoms with Gasteiger partial charge in [-0.05, 0) is 38.0 Å². The van der Waals surface area contributed by atoms with Crippen molar-refractivity contribution in [3.63, 3.8) is 0 Å². The Morgan fingerprint density at radius 2 is 1.88 bits per heavy atom. The van der Waals surface area contributed by atoms with Gasteiger partial charge in [-0.2, -0.15) is 0 Å². The number of imidazole rings is 1. The summed E-state index contributed by atoms with van der Waals surface area (Å²) in [6.45, 7) is 7.83. The fourth-order valence-corrected chi connectivity index (χ4v) is 4.59. The minimum Gasteiger partial charge on any atom is -0.493 e. The number of amides is 3. The van der Waals surface area contributed by atoms with Crippen molar-refractivity contribution < 1.29 is 23.9 Å². The van der Waals surface area contributed by atoms with Crippen LogP contribution in [0.2, 0.25) is 0 Å². The molecule has 0 fully saturated rings. The monoisotopic (exact) mass is 549 g/mol. The molecular weight excluding hydrogens is 514 g/mol. The zero-order valence-electron chi connectivity index (χ0n) is 23.4. The summed E-state index contributed by atoms with van der Waals surface area (Å²) in [5.74, 6) is 0.348. The maximum absolute atomic E-state index is 13.7. The number of ether oxygens (including phenoxy) is 2. The minimum atomic E-state index is -0.776. The third-order valence-electron chi connectivity index (χ3n) is 6.74. The first kappa shape index (κ1) is 28.5. The maximum atomic E-state index is 13.7. The normalized spacial score (nSPS) is 16.9. The molecule has 0 radical (unpaired) electrons. The highest BCUT2D eigenvalue weighted by molar-refractivity contribution is 5.98. The van der Waals surface area contributed by atoms with Crippen molar-refractivity contribution in [3.05, 3.63) is 53.9 Å². The van der Waals surface area contributed by atoms with Gasteiger partial charge in [-0.3, -0.25) is 14.4 Å². The smallest absolute Gasteiger partial charge is 0.258 e. The van der Waals surface area contributed by atoms with E-state index in [9.17, 15) is 14.4 Å². The summed E-state index contributed by atoms with van der Waals surface area (Å²) in [4.78, 5) is 54.1. The molecule has 1 aliphatic rings. The largest absolute Gasteiger partial charge is 0.493 e. The molecule has 0 spiro atoms. The maximum Gasteiger partial charge on any atom is 0.258 e. The Labute approximate surface area is 233 Å². The molecule has 1 aliphatic heterocycles. The van der Waals surface area contributed by atoms with Crippen LogP contribution in [0.25, 0.3) is 11.4 Å². The second-order valence-corrected chi connectivity index (χ2v) is 9.88. The van der Waals surface area contributed by atoms with E-state index in [1.54, 1.807) is 33.2 Å². The standard InChI is InChI=1S/C28H35N7O5/c1-17(2)25-27(37)30-9-11-34-10-8-29-26(34)20-6-7-21(39-5)22(14-20)40-13-12-35(15-23(36)33-25)28(38)24-18(3)31-16-32-19(24)4/h6-8,10,14,16-17,25H,9,11-13,15H2,1-5H3,(H,30,37)(H,33,36)/t25-/m1/s1. The third kappa shape index (κ3) is 6.38. The van der Waals surface area contributed by atoms with Crippen molar-refractivity contribution >= 4 is 17.7 Å². The van der Waals surface area contributed by atoms with Gasteiger partial charge in [0.05, 0.1) is 37.2 Å². The molecule has 2 bridgehead atoms. The molecule has 3 heterocycles. The molecule has 1 atom stereocenters. The number of benzene rings is 1. The molecule has 12 nitrogen and oxygen atoms in total.